The Morgan fingerprint density at radius 1 is 1.14 bits per heavy atom. The molecule has 1 heterocycles. The summed E-state index contributed by atoms with van der Waals surface area (Å²) in [5.41, 5.74) is 3.79. The third-order valence-corrected chi connectivity index (χ3v) is 7.62. The normalized spacial score (nSPS) is 24.5. The number of carbonyl (C=O) groups excluding carboxylic acids is 1. The lowest BCUT2D eigenvalue weighted by atomic mass is 9.65. The van der Waals surface area contributed by atoms with Crippen molar-refractivity contribution in [2.24, 2.45) is 5.92 Å². The van der Waals surface area contributed by atoms with E-state index in [1.807, 2.05) is 57.2 Å². The van der Waals surface area contributed by atoms with E-state index in [0.29, 0.717) is 29.9 Å². The number of hydrogen-bond donors (Lipinski definition) is 1. The van der Waals surface area contributed by atoms with E-state index in [1.165, 1.54) is 19.4 Å². The van der Waals surface area contributed by atoms with Crippen LogP contribution >= 0.6 is 0 Å². The highest BCUT2D eigenvalue weighted by Gasteiger charge is 2.52. The van der Waals surface area contributed by atoms with Crippen LogP contribution in [0, 0.1) is 5.92 Å². The zero-order valence-corrected chi connectivity index (χ0v) is 21.6. The highest BCUT2D eigenvalue weighted by Crippen LogP contribution is 2.51. The summed E-state index contributed by atoms with van der Waals surface area (Å²) in [6.07, 6.45) is 5.31. The van der Waals surface area contributed by atoms with Crippen molar-refractivity contribution in [1.29, 1.82) is 0 Å². The minimum atomic E-state index is -3.42. The van der Waals surface area contributed by atoms with Crippen molar-refractivity contribution in [3.63, 3.8) is 0 Å². The van der Waals surface area contributed by atoms with E-state index in [2.05, 4.69) is 5.48 Å². The van der Waals surface area contributed by atoms with E-state index in [0.717, 1.165) is 12.0 Å². The highest BCUT2D eigenvalue weighted by atomic mass is 32.2. The lowest BCUT2D eigenvalue weighted by Crippen LogP contribution is -2.47. The Balaban J connectivity index is 1.81. The number of hydrogen-bond acceptors (Lipinski definition) is 7. The summed E-state index contributed by atoms with van der Waals surface area (Å²) in [5.74, 6) is -0.409. The van der Waals surface area contributed by atoms with Gasteiger partial charge in [0.1, 0.15) is 17.0 Å². The first kappa shape index (κ1) is 25.3. The second-order valence-corrected chi connectivity index (χ2v) is 12.3. The van der Waals surface area contributed by atoms with Gasteiger partial charge in [0.05, 0.1) is 23.6 Å². The molecule has 1 unspecified atom stereocenters. The van der Waals surface area contributed by atoms with E-state index < -0.39 is 27.0 Å². The van der Waals surface area contributed by atoms with Gasteiger partial charge in [-0.25, -0.2) is 8.42 Å². The van der Waals surface area contributed by atoms with Gasteiger partial charge in [0.2, 0.25) is 0 Å². The molecule has 1 saturated carbocycles. The molecule has 8 heteroatoms. The molecule has 0 bridgehead atoms. The van der Waals surface area contributed by atoms with Crippen molar-refractivity contribution in [1.82, 2.24) is 5.48 Å². The summed E-state index contributed by atoms with van der Waals surface area (Å²) in [6.45, 7) is 5.61. The number of benzene rings is 2. The molecule has 3 atom stereocenters. The molecule has 2 aromatic carbocycles. The van der Waals surface area contributed by atoms with Gasteiger partial charge in [-0.2, -0.15) is 0 Å². The monoisotopic (exact) mass is 499 g/mol. The highest BCUT2D eigenvalue weighted by molar-refractivity contribution is 7.90. The van der Waals surface area contributed by atoms with Gasteiger partial charge < -0.3 is 9.47 Å². The smallest absolute Gasteiger partial charge is 0.310 e. The molecule has 1 spiro atoms. The molecule has 35 heavy (non-hydrogen) atoms. The molecule has 1 N–H and O–H groups in total. The standard InChI is InChI=1S/C27H33NO6S/c1-26(2,3)33-25(29)20-12-9-15-27(24(20)18-10-7-6-8-11-18)17-22(28-34-27)21-16-19(35(5,30)31)13-14-23(21)32-4/h6-8,10-11,13-14,16-17,20,24,28H,9,12,15H2,1-5H3/t20?,24-,27+/m1/s1. The van der Waals surface area contributed by atoms with Crippen molar-refractivity contribution >= 4 is 21.5 Å². The molecule has 2 aliphatic rings. The molecular weight excluding hydrogens is 466 g/mol. The van der Waals surface area contributed by atoms with Gasteiger partial charge in [-0.15, -0.1) is 0 Å². The molecule has 2 aromatic rings. The van der Waals surface area contributed by atoms with E-state index in [1.54, 1.807) is 12.1 Å². The SMILES string of the molecule is COc1ccc(S(C)(=O)=O)cc1C1=C[C@]2(CCCC(C(=O)OC(C)(C)C)[C@H]2c2ccccc2)ON1. The number of esters is 1. The molecule has 1 aliphatic carbocycles. The fraction of sp³-hybridized carbons (Fsp3) is 0.444. The molecule has 0 saturated heterocycles. The largest absolute Gasteiger partial charge is 0.496 e. The quantitative estimate of drug-likeness (QED) is 0.600. The number of ether oxygens (including phenoxy) is 2. The topological polar surface area (TPSA) is 90.9 Å². The number of hydroxylamine groups is 1. The molecule has 0 amide bonds. The van der Waals surface area contributed by atoms with Crippen LogP contribution in [0.5, 0.6) is 5.75 Å². The number of rotatable bonds is 5. The molecule has 188 valence electrons. The predicted octanol–water partition coefficient (Wildman–Crippen LogP) is 4.64. The van der Waals surface area contributed by atoms with Crippen molar-refractivity contribution < 1.29 is 27.5 Å². The maximum absolute atomic E-state index is 13.3. The van der Waals surface area contributed by atoms with E-state index in [-0.39, 0.29) is 16.8 Å². The van der Waals surface area contributed by atoms with Crippen LogP contribution in [-0.4, -0.2) is 39.0 Å². The van der Waals surface area contributed by atoms with Crippen LogP contribution in [-0.2, 0) is 24.2 Å². The van der Waals surface area contributed by atoms with Gasteiger partial charge in [-0.1, -0.05) is 30.3 Å². The summed E-state index contributed by atoms with van der Waals surface area (Å²) < 4.78 is 35.7. The summed E-state index contributed by atoms with van der Waals surface area (Å²) >= 11 is 0. The number of nitrogens with one attached hydrogen (secondary N) is 1. The number of methoxy groups -OCH3 is 1. The Kier molecular flexibility index (Phi) is 6.72. The summed E-state index contributed by atoms with van der Waals surface area (Å²) in [4.78, 5) is 19.8. The Morgan fingerprint density at radius 2 is 1.86 bits per heavy atom. The molecule has 7 nitrogen and oxygen atoms in total. The minimum absolute atomic E-state index is 0.187. The summed E-state index contributed by atoms with van der Waals surface area (Å²) in [5, 5.41) is 0. The van der Waals surface area contributed by atoms with E-state index in [4.69, 9.17) is 14.3 Å². The van der Waals surface area contributed by atoms with Gasteiger partial charge in [0.25, 0.3) is 0 Å². The Morgan fingerprint density at radius 3 is 2.49 bits per heavy atom. The van der Waals surface area contributed by atoms with Gasteiger partial charge in [0, 0.05) is 17.7 Å². The van der Waals surface area contributed by atoms with Crippen molar-refractivity contribution in [3.8, 4) is 5.75 Å². The Labute approximate surface area is 207 Å². The van der Waals surface area contributed by atoms with Gasteiger partial charge in [-0.3, -0.25) is 15.1 Å². The third-order valence-electron chi connectivity index (χ3n) is 6.51. The first-order chi connectivity index (χ1) is 16.4. The van der Waals surface area contributed by atoms with Crippen LogP contribution in [0.1, 0.15) is 57.1 Å². The van der Waals surface area contributed by atoms with Gasteiger partial charge in [0.15, 0.2) is 9.84 Å². The van der Waals surface area contributed by atoms with Crippen LogP contribution in [0.15, 0.2) is 59.5 Å². The fourth-order valence-corrected chi connectivity index (χ4v) is 5.70. The average Bonchev–Trinajstić information content (AvgIpc) is 3.21. The van der Waals surface area contributed by atoms with Crippen molar-refractivity contribution in [3.05, 3.63) is 65.7 Å². The lowest BCUT2D eigenvalue weighted by molar-refractivity contribution is -0.168. The molecule has 1 aliphatic heterocycles. The van der Waals surface area contributed by atoms with Crippen LogP contribution in [0.3, 0.4) is 0 Å². The molecule has 4 rings (SSSR count). The van der Waals surface area contributed by atoms with Crippen molar-refractivity contribution in [2.75, 3.05) is 13.4 Å². The third kappa shape index (κ3) is 5.23. The Hall–Kier alpha value is -2.84. The average molecular weight is 500 g/mol. The number of carbonyl (C=O) groups is 1. The minimum Gasteiger partial charge on any atom is -0.496 e. The number of sulfone groups is 1. The van der Waals surface area contributed by atoms with Crippen LogP contribution in [0.2, 0.25) is 0 Å². The first-order valence-corrected chi connectivity index (χ1v) is 13.7. The zero-order chi connectivity index (χ0) is 25.4. The Bertz CT molecular complexity index is 1230. The van der Waals surface area contributed by atoms with Gasteiger partial charge >= 0.3 is 5.97 Å². The maximum atomic E-state index is 13.3. The van der Waals surface area contributed by atoms with Crippen LogP contribution in [0.4, 0.5) is 0 Å². The fourth-order valence-electron chi connectivity index (χ4n) is 5.06. The molecule has 1 fully saturated rings. The summed E-state index contributed by atoms with van der Waals surface area (Å²) in [7, 11) is -1.88. The maximum Gasteiger partial charge on any atom is 0.310 e. The second kappa shape index (κ2) is 9.32. The lowest BCUT2D eigenvalue weighted by Gasteiger charge is -2.43. The molecule has 0 radical (unpaired) electrons. The van der Waals surface area contributed by atoms with E-state index >= 15 is 0 Å². The van der Waals surface area contributed by atoms with Crippen molar-refractivity contribution in [2.45, 2.75) is 62.0 Å². The van der Waals surface area contributed by atoms with Crippen LogP contribution < -0.4 is 10.2 Å². The van der Waals surface area contributed by atoms with Gasteiger partial charge in [-0.05, 0) is 69.9 Å². The predicted molar refractivity (Wildman–Crippen MR) is 133 cm³/mol. The molecular formula is C27H33NO6S. The van der Waals surface area contributed by atoms with Crippen LogP contribution in [0.25, 0.3) is 5.70 Å². The molecule has 0 aromatic heterocycles. The second-order valence-electron chi connectivity index (χ2n) is 10.3. The summed E-state index contributed by atoms with van der Waals surface area (Å²) in [6, 6.07) is 14.6. The first-order valence-electron chi connectivity index (χ1n) is 11.8. The zero-order valence-electron chi connectivity index (χ0n) is 20.8. The van der Waals surface area contributed by atoms with E-state index in [9.17, 15) is 13.2 Å².